The van der Waals surface area contributed by atoms with E-state index in [4.69, 9.17) is 5.73 Å². The molecule has 6 nitrogen and oxygen atoms in total. The van der Waals surface area contributed by atoms with Gasteiger partial charge in [0.15, 0.2) is 0 Å². The summed E-state index contributed by atoms with van der Waals surface area (Å²) >= 11 is 0. The van der Waals surface area contributed by atoms with Crippen LogP contribution in [0.15, 0.2) is 15.8 Å². The van der Waals surface area contributed by atoms with Crippen molar-refractivity contribution in [3.63, 3.8) is 0 Å². The summed E-state index contributed by atoms with van der Waals surface area (Å²) in [6.07, 6.45) is 1.09. The maximum absolute atomic E-state index is 11.2. The fourth-order valence-corrected chi connectivity index (χ4v) is 0.798. The second kappa shape index (κ2) is 3.31. The molecule has 1 heterocycles. The van der Waals surface area contributed by atoms with Crippen LogP contribution in [-0.2, 0) is 13.6 Å². The lowest BCUT2D eigenvalue weighted by Gasteiger charge is -2.02. The number of hydrogen-bond acceptors (Lipinski definition) is 4. The largest absolute Gasteiger partial charge is 0.347 e. The quantitative estimate of drug-likeness (QED) is 0.551. The Morgan fingerprint density at radius 3 is 2.83 bits per heavy atom. The van der Waals surface area contributed by atoms with E-state index in [-0.39, 0.29) is 0 Å². The Morgan fingerprint density at radius 2 is 2.25 bits per heavy atom. The summed E-state index contributed by atoms with van der Waals surface area (Å²) in [4.78, 5) is 22.0. The molecule has 0 aliphatic carbocycles. The molecule has 0 saturated carbocycles. The van der Waals surface area contributed by atoms with Gasteiger partial charge < -0.3 is 5.73 Å². The lowest BCUT2D eigenvalue weighted by Crippen LogP contribution is -2.40. The van der Waals surface area contributed by atoms with Crippen molar-refractivity contribution < 1.29 is 0 Å². The molecule has 1 aromatic heterocycles. The average Bonchev–Trinajstić information content (AvgIpc) is 2.07. The molecule has 0 fully saturated rings. The number of rotatable bonds is 2. The summed E-state index contributed by atoms with van der Waals surface area (Å²) in [6, 6.07) is 0. The summed E-state index contributed by atoms with van der Waals surface area (Å²) in [5.41, 5.74) is 4.38. The van der Waals surface area contributed by atoms with Crippen LogP contribution in [0, 0.1) is 0 Å². The van der Waals surface area contributed by atoms with Gasteiger partial charge in [-0.2, -0.15) is 5.10 Å². The Morgan fingerprint density at radius 1 is 1.58 bits per heavy atom. The van der Waals surface area contributed by atoms with Gasteiger partial charge in [-0.1, -0.05) is 0 Å². The predicted octanol–water partition coefficient (Wildman–Crippen LogP) is -2.10. The van der Waals surface area contributed by atoms with Gasteiger partial charge >= 0.3 is 5.69 Å². The van der Waals surface area contributed by atoms with E-state index in [1.54, 1.807) is 0 Å². The van der Waals surface area contributed by atoms with Gasteiger partial charge in [-0.15, -0.1) is 0 Å². The Labute approximate surface area is 68.2 Å². The highest BCUT2D eigenvalue weighted by molar-refractivity contribution is 4.73. The first-order valence-corrected chi connectivity index (χ1v) is 3.50. The van der Waals surface area contributed by atoms with Crippen molar-refractivity contribution in [1.82, 2.24) is 14.3 Å². The summed E-state index contributed by atoms with van der Waals surface area (Å²) in [5, 5.41) is 3.62. The van der Waals surface area contributed by atoms with Crippen LogP contribution < -0.4 is 17.0 Å². The molecular formula is C6H10N4O2. The Kier molecular flexibility index (Phi) is 2.39. The van der Waals surface area contributed by atoms with Crippen LogP contribution in [0.4, 0.5) is 0 Å². The minimum Gasteiger partial charge on any atom is -0.329 e. The number of aromatic nitrogens is 3. The van der Waals surface area contributed by atoms with Crippen LogP contribution in [0.25, 0.3) is 0 Å². The molecule has 0 unspecified atom stereocenters. The SMILES string of the molecule is Cn1c(=O)cnn(CCN)c1=O. The second-order valence-corrected chi connectivity index (χ2v) is 2.34. The van der Waals surface area contributed by atoms with Gasteiger partial charge in [0.25, 0.3) is 5.56 Å². The molecule has 0 radical (unpaired) electrons. The van der Waals surface area contributed by atoms with Gasteiger partial charge in [-0.05, 0) is 0 Å². The molecule has 1 aromatic rings. The molecule has 0 bridgehead atoms. The lowest BCUT2D eigenvalue weighted by molar-refractivity contribution is 0.527. The zero-order chi connectivity index (χ0) is 9.14. The standard InChI is InChI=1S/C6H10N4O2/c1-9-5(11)4-8-10(3-2-7)6(9)12/h4H,2-3,7H2,1H3. The third-order valence-electron chi connectivity index (χ3n) is 1.49. The highest BCUT2D eigenvalue weighted by Crippen LogP contribution is 1.67. The van der Waals surface area contributed by atoms with Crippen molar-refractivity contribution in [1.29, 1.82) is 0 Å². The second-order valence-electron chi connectivity index (χ2n) is 2.34. The number of nitrogens with zero attached hydrogens (tertiary/aromatic N) is 3. The van der Waals surface area contributed by atoms with Crippen molar-refractivity contribution in [2.45, 2.75) is 6.54 Å². The fraction of sp³-hybridized carbons (Fsp3) is 0.500. The van der Waals surface area contributed by atoms with Crippen molar-refractivity contribution in [3.05, 3.63) is 27.0 Å². The zero-order valence-corrected chi connectivity index (χ0v) is 6.73. The highest BCUT2D eigenvalue weighted by atomic mass is 16.2. The monoisotopic (exact) mass is 170 g/mol. The van der Waals surface area contributed by atoms with E-state index in [0.717, 1.165) is 15.4 Å². The van der Waals surface area contributed by atoms with Gasteiger partial charge in [0, 0.05) is 13.6 Å². The van der Waals surface area contributed by atoms with Crippen molar-refractivity contribution in [2.24, 2.45) is 12.8 Å². The van der Waals surface area contributed by atoms with E-state index in [1.807, 2.05) is 0 Å². The molecule has 0 saturated heterocycles. The third-order valence-corrected chi connectivity index (χ3v) is 1.49. The van der Waals surface area contributed by atoms with E-state index in [9.17, 15) is 9.59 Å². The zero-order valence-electron chi connectivity index (χ0n) is 6.73. The first-order valence-electron chi connectivity index (χ1n) is 3.50. The molecule has 0 atom stereocenters. The Balaban J connectivity index is 3.27. The average molecular weight is 170 g/mol. The summed E-state index contributed by atoms with van der Waals surface area (Å²) in [7, 11) is 1.40. The normalized spacial score (nSPS) is 10.2. The van der Waals surface area contributed by atoms with Gasteiger partial charge in [-0.3, -0.25) is 9.36 Å². The van der Waals surface area contributed by atoms with Crippen molar-refractivity contribution in [2.75, 3.05) is 6.54 Å². The molecule has 0 aliphatic heterocycles. The van der Waals surface area contributed by atoms with Gasteiger partial charge in [-0.25, -0.2) is 9.48 Å². The topological polar surface area (TPSA) is 82.9 Å². The van der Waals surface area contributed by atoms with E-state index in [2.05, 4.69) is 5.10 Å². The first kappa shape index (κ1) is 8.66. The van der Waals surface area contributed by atoms with Crippen LogP contribution in [-0.4, -0.2) is 20.9 Å². The summed E-state index contributed by atoms with van der Waals surface area (Å²) in [6.45, 7) is 0.651. The first-order chi connectivity index (χ1) is 5.66. The molecule has 0 aliphatic rings. The molecule has 0 amide bonds. The van der Waals surface area contributed by atoms with E-state index >= 15 is 0 Å². The lowest BCUT2D eigenvalue weighted by atomic mass is 10.6. The fourth-order valence-electron chi connectivity index (χ4n) is 0.798. The van der Waals surface area contributed by atoms with Crippen LogP contribution in [0.2, 0.25) is 0 Å². The van der Waals surface area contributed by atoms with E-state index < -0.39 is 11.2 Å². The van der Waals surface area contributed by atoms with E-state index in [0.29, 0.717) is 13.1 Å². The molecule has 1 rings (SSSR count). The molecule has 0 spiro atoms. The van der Waals surface area contributed by atoms with Crippen LogP contribution in [0.3, 0.4) is 0 Å². The van der Waals surface area contributed by atoms with Gasteiger partial charge in [0.1, 0.15) is 6.20 Å². The molecule has 66 valence electrons. The molecular weight excluding hydrogens is 160 g/mol. The minimum atomic E-state index is -0.437. The van der Waals surface area contributed by atoms with Crippen LogP contribution in [0.1, 0.15) is 0 Å². The number of hydrogen-bond donors (Lipinski definition) is 1. The molecule has 0 aromatic carbocycles. The summed E-state index contributed by atoms with van der Waals surface area (Å²) in [5.74, 6) is 0. The van der Waals surface area contributed by atoms with Gasteiger partial charge in [0.05, 0.1) is 6.54 Å². The maximum Gasteiger partial charge on any atom is 0.347 e. The highest BCUT2D eigenvalue weighted by Gasteiger charge is 1.99. The van der Waals surface area contributed by atoms with Gasteiger partial charge in [0.2, 0.25) is 0 Å². The Bertz CT molecular complexity index is 378. The van der Waals surface area contributed by atoms with Crippen molar-refractivity contribution >= 4 is 0 Å². The van der Waals surface area contributed by atoms with Crippen LogP contribution in [0.5, 0.6) is 0 Å². The van der Waals surface area contributed by atoms with Crippen LogP contribution >= 0.6 is 0 Å². The smallest absolute Gasteiger partial charge is 0.329 e. The molecule has 12 heavy (non-hydrogen) atoms. The molecule has 2 N–H and O–H groups in total. The minimum absolute atomic E-state index is 0.325. The summed E-state index contributed by atoms with van der Waals surface area (Å²) < 4.78 is 2.14. The predicted molar refractivity (Wildman–Crippen MR) is 42.8 cm³/mol. The molecule has 6 heteroatoms. The number of nitrogens with two attached hydrogens (primary N) is 1. The third kappa shape index (κ3) is 1.42. The maximum atomic E-state index is 11.2. The van der Waals surface area contributed by atoms with E-state index in [1.165, 1.54) is 7.05 Å². The van der Waals surface area contributed by atoms with Crippen molar-refractivity contribution in [3.8, 4) is 0 Å². The Hall–Kier alpha value is -1.43.